The number of pyridine rings is 1. The fourth-order valence-electron chi connectivity index (χ4n) is 3.99. The minimum Gasteiger partial charge on any atom is -0.478 e. The molecule has 0 N–H and O–H groups in total. The van der Waals surface area contributed by atoms with Crippen molar-refractivity contribution < 1.29 is 18.3 Å². The molecule has 3 heterocycles. The molecule has 1 aromatic carbocycles. The van der Waals surface area contributed by atoms with Crippen LogP contribution in [-0.2, 0) is 0 Å². The summed E-state index contributed by atoms with van der Waals surface area (Å²) in [5.74, 6) is -1.69. The van der Waals surface area contributed by atoms with E-state index < -0.39 is 11.6 Å². The van der Waals surface area contributed by atoms with Crippen molar-refractivity contribution in [1.29, 1.82) is 0 Å². The van der Waals surface area contributed by atoms with Gasteiger partial charge in [0.15, 0.2) is 11.6 Å². The van der Waals surface area contributed by atoms with Crippen molar-refractivity contribution in [2.75, 3.05) is 19.7 Å². The van der Waals surface area contributed by atoms with Crippen molar-refractivity contribution in [3.63, 3.8) is 0 Å². The number of halogens is 3. The number of aryl methyl sites for hydroxylation is 1. The lowest BCUT2D eigenvalue weighted by atomic mass is 9.87. The largest absolute Gasteiger partial charge is 0.478 e. The highest BCUT2D eigenvalue weighted by molar-refractivity contribution is 6.30. The van der Waals surface area contributed by atoms with Crippen LogP contribution in [0.2, 0.25) is 5.02 Å². The van der Waals surface area contributed by atoms with Gasteiger partial charge in [-0.15, -0.1) is 0 Å². The molecule has 0 spiro atoms. The number of likely N-dealkylation sites (tertiary alicyclic amines) is 1. The number of hydrogen-bond acceptors (Lipinski definition) is 5. The highest BCUT2D eigenvalue weighted by Gasteiger charge is 2.36. The number of hydrogen-bond donors (Lipinski definition) is 0. The Labute approximate surface area is 189 Å². The molecule has 32 heavy (non-hydrogen) atoms. The molecule has 3 aromatic rings. The van der Waals surface area contributed by atoms with Gasteiger partial charge in [-0.3, -0.25) is 4.79 Å². The summed E-state index contributed by atoms with van der Waals surface area (Å²) in [6, 6.07) is 8.96. The summed E-state index contributed by atoms with van der Waals surface area (Å²) < 4.78 is 33.1. The fourth-order valence-corrected chi connectivity index (χ4v) is 4.10. The molecular formula is C23H21ClF2N4O2. The second-order valence-corrected chi connectivity index (χ2v) is 8.22. The quantitative estimate of drug-likeness (QED) is 0.546. The minimum atomic E-state index is -0.901. The Bertz CT molecular complexity index is 1110. The van der Waals surface area contributed by atoms with Crippen molar-refractivity contribution in [1.82, 2.24) is 20.1 Å². The van der Waals surface area contributed by atoms with E-state index >= 15 is 0 Å². The van der Waals surface area contributed by atoms with Gasteiger partial charge in [0.2, 0.25) is 5.88 Å². The zero-order valence-electron chi connectivity index (χ0n) is 17.3. The first-order valence-electron chi connectivity index (χ1n) is 10.2. The van der Waals surface area contributed by atoms with E-state index in [2.05, 4.69) is 15.2 Å². The summed E-state index contributed by atoms with van der Waals surface area (Å²) in [5.41, 5.74) is 1.74. The van der Waals surface area contributed by atoms with Gasteiger partial charge in [-0.05, 0) is 49.1 Å². The third-order valence-electron chi connectivity index (χ3n) is 5.56. The van der Waals surface area contributed by atoms with Crippen molar-refractivity contribution in [2.45, 2.75) is 19.3 Å². The Morgan fingerprint density at radius 2 is 2.00 bits per heavy atom. The third-order valence-corrected chi connectivity index (χ3v) is 5.79. The Hall–Kier alpha value is -3.13. The summed E-state index contributed by atoms with van der Waals surface area (Å²) >= 11 is 5.84. The maximum absolute atomic E-state index is 13.9. The molecule has 166 valence electrons. The van der Waals surface area contributed by atoms with Crippen molar-refractivity contribution in [3.05, 3.63) is 82.3 Å². The first-order valence-corrected chi connectivity index (χ1v) is 10.6. The number of amides is 1. The second kappa shape index (κ2) is 9.56. The lowest BCUT2D eigenvalue weighted by molar-refractivity contribution is 0.0783. The van der Waals surface area contributed by atoms with Gasteiger partial charge in [-0.25, -0.2) is 13.8 Å². The molecule has 1 saturated heterocycles. The van der Waals surface area contributed by atoms with Crippen LogP contribution < -0.4 is 4.74 Å². The van der Waals surface area contributed by atoms with Gasteiger partial charge >= 0.3 is 0 Å². The summed E-state index contributed by atoms with van der Waals surface area (Å²) in [6.45, 7) is 2.97. The number of carbonyl (C=O) groups is 1. The lowest BCUT2D eigenvalue weighted by Gasteiger charge is -2.18. The van der Waals surface area contributed by atoms with Gasteiger partial charge in [0.25, 0.3) is 5.91 Å². The second-order valence-electron chi connectivity index (χ2n) is 7.79. The number of rotatable bonds is 6. The predicted molar refractivity (Wildman–Crippen MR) is 115 cm³/mol. The molecule has 0 saturated carbocycles. The van der Waals surface area contributed by atoms with Crippen LogP contribution in [0.1, 0.15) is 34.0 Å². The van der Waals surface area contributed by atoms with Crippen LogP contribution in [0.3, 0.4) is 0 Å². The van der Waals surface area contributed by atoms with Gasteiger partial charge in [0.1, 0.15) is 0 Å². The van der Waals surface area contributed by atoms with E-state index in [-0.39, 0.29) is 17.7 Å². The molecule has 1 amide bonds. The summed E-state index contributed by atoms with van der Waals surface area (Å²) in [5, 5.41) is 8.26. The monoisotopic (exact) mass is 458 g/mol. The molecule has 0 radical (unpaired) electrons. The van der Waals surface area contributed by atoms with E-state index in [1.165, 1.54) is 18.5 Å². The van der Waals surface area contributed by atoms with Crippen molar-refractivity contribution >= 4 is 17.5 Å². The number of nitrogens with zero attached hydrogens (tertiary/aromatic N) is 4. The lowest BCUT2D eigenvalue weighted by Crippen LogP contribution is -2.29. The molecule has 4 rings (SSSR count). The average Bonchev–Trinajstić information content (AvgIpc) is 3.20. The molecule has 9 heteroatoms. The molecule has 0 bridgehead atoms. The Morgan fingerprint density at radius 1 is 1.16 bits per heavy atom. The van der Waals surface area contributed by atoms with Crippen LogP contribution in [0.4, 0.5) is 8.78 Å². The molecule has 0 unspecified atom stereocenters. The van der Waals surface area contributed by atoms with Crippen LogP contribution >= 0.6 is 11.6 Å². The zero-order chi connectivity index (χ0) is 22.7. The van der Waals surface area contributed by atoms with E-state index in [1.54, 1.807) is 36.1 Å². The maximum Gasteiger partial charge on any atom is 0.255 e. The van der Waals surface area contributed by atoms with Crippen LogP contribution in [0, 0.1) is 24.5 Å². The van der Waals surface area contributed by atoms with Crippen molar-refractivity contribution in [3.8, 4) is 5.88 Å². The van der Waals surface area contributed by atoms with Gasteiger partial charge in [0, 0.05) is 31.3 Å². The topological polar surface area (TPSA) is 68.2 Å². The average molecular weight is 459 g/mol. The first-order chi connectivity index (χ1) is 15.4. The van der Waals surface area contributed by atoms with Crippen molar-refractivity contribution in [2.24, 2.45) is 5.92 Å². The molecule has 0 aliphatic carbocycles. The van der Waals surface area contributed by atoms with E-state index in [4.69, 9.17) is 16.3 Å². The number of ether oxygens (including phenoxy) is 1. The molecule has 2 aromatic heterocycles. The third kappa shape index (κ3) is 5.02. The molecular weight excluding hydrogens is 438 g/mol. The SMILES string of the molecule is Cc1cc(C(=O)N2C[C@H](CCOc3ccc(Cl)cn3)[C@@H](c3ccc(F)c(F)c3)C2)cnn1. The number of benzene rings is 1. The summed E-state index contributed by atoms with van der Waals surface area (Å²) in [6.07, 6.45) is 3.54. The first kappa shape index (κ1) is 22.1. The minimum absolute atomic E-state index is 0.00740. The van der Waals surface area contributed by atoms with Gasteiger partial charge in [-0.1, -0.05) is 17.7 Å². The normalized spacial score (nSPS) is 18.1. The fraction of sp³-hybridized carbons (Fsp3) is 0.304. The van der Waals surface area contributed by atoms with Gasteiger partial charge in [-0.2, -0.15) is 10.2 Å². The van der Waals surface area contributed by atoms with Gasteiger partial charge in [0.05, 0.1) is 29.1 Å². The Morgan fingerprint density at radius 3 is 2.72 bits per heavy atom. The van der Waals surface area contributed by atoms with Crippen LogP contribution in [-0.4, -0.2) is 45.7 Å². The summed E-state index contributed by atoms with van der Waals surface area (Å²) in [4.78, 5) is 18.9. The van der Waals surface area contributed by atoms with E-state index in [1.807, 2.05) is 0 Å². The molecule has 6 nitrogen and oxygen atoms in total. The summed E-state index contributed by atoms with van der Waals surface area (Å²) in [7, 11) is 0. The highest BCUT2D eigenvalue weighted by atomic mass is 35.5. The van der Waals surface area contributed by atoms with Crippen LogP contribution in [0.25, 0.3) is 0 Å². The van der Waals surface area contributed by atoms with E-state index in [0.29, 0.717) is 53.8 Å². The molecule has 1 fully saturated rings. The maximum atomic E-state index is 13.9. The predicted octanol–water partition coefficient (Wildman–Crippen LogP) is 4.44. The van der Waals surface area contributed by atoms with Crippen LogP contribution in [0.15, 0.2) is 48.8 Å². The van der Waals surface area contributed by atoms with Gasteiger partial charge < -0.3 is 9.64 Å². The zero-order valence-corrected chi connectivity index (χ0v) is 18.1. The number of aromatic nitrogens is 3. The molecule has 1 aliphatic heterocycles. The number of carbonyl (C=O) groups excluding carboxylic acids is 1. The van der Waals surface area contributed by atoms with Crippen LogP contribution in [0.5, 0.6) is 5.88 Å². The smallest absolute Gasteiger partial charge is 0.255 e. The molecule has 2 atom stereocenters. The Kier molecular flexibility index (Phi) is 6.60. The van der Waals surface area contributed by atoms with E-state index in [9.17, 15) is 13.6 Å². The highest BCUT2D eigenvalue weighted by Crippen LogP contribution is 2.36. The van der Waals surface area contributed by atoms with E-state index in [0.717, 1.165) is 6.07 Å². The molecule has 1 aliphatic rings. The Balaban J connectivity index is 1.51. The standard InChI is InChI=1S/C23H21ClF2N4O2/c1-14-8-17(10-28-29-14)23(31)30-12-16(6-7-32-22-5-3-18(24)11-27-22)19(13-30)15-2-4-20(25)21(26)9-15/h2-5,8-11,16,19H,6-7,12-13H2,1H3/t16-,19+/m0/s1.